The first-order chi connectivity index (χ1) is 9.36. The highest BCUT2D eigenvalue weighted by Gasteiger charge is 2.04. The van der Waals surface area contributed by atoms with Crippen molar-refractivity contribution in [3.63, 3.8) is 0 Å². The summed E-state index contributed by atoms with van der Waals surface area (Å²) in [6.45, 7) is 0.545. The molecule has 6 nitrogen and oxygen atoms in total. The number of hydrogen-bond donors (Lipinski definition) is 2. The fourth-order valence-electron chi connectivity index (χ4n) is 1.89. The van der Waals surface area contributed by atoms with Crippen LogP contribution < -0.4 is 5.32 Å². The number of anilines is 2. The number of nitrogens with one attached hydrogen (secondary N) is 1. The normalized spacial score (nSPS) is 10.8. The third kappa shape index (κ3) is 2.38. The molecule has 0 unspecified atom stereocenters. The van der Waals surface area contributed by atoms with E-state index in [1.54, 1.807) is 10.9 Å². The molecular formula is C13H13N5O. The van der Waals surface area contributed by atoms with Crippen LogP contribution in [0.4, 0.5) is 11.5 Å². The molecule has 0 saturated carbocycles. The first kappa shape index (κ1) is 11.6. The van der Waals surface area contributed by atoms with Gasteiger partial charge in [0.2, 0.25) is 0 Å². The maximum Gasteiger partial charge on any atom is 0.141 e. The number of nitrogens with zero attached hydrogens (tertiary/aromatic N) is 4. The molecule has 96 valence electrons. The van der Waals surface area contributed by atoms with E-state index >= 15 is 0 Å². The summed E-state index contributed by atoms with van der Waals surface area (Å²) in [7, 11) is 0. The van der Waals surface area contributed by atoms with E-state index in [1.807, 2.05) is 30.5 Å². The number of aliphatic hydroxyl groups is 1. The van der Waals surface area contributed by atoms with Gasteiger partial charge in [-0.25, -0.2) is 9.97 Å². The minimum atomic E-state index is 0.0670. The maximum atomic E-state index is 8.86. The van der Waals surface area contributed by atoms with Crippen LogP contribution in [-0.2, 0) is 6.54 Å². The molecule has 0 saturated heterocycles. The van der Waals surface area contributed by atoms with Gasteiger partial charge in [-0.05, 0) is 12.1 Å². The lowest BCUT2D eigenvalue weighted by Crippen LogP contribution is -2.01. The summed E-state index contributed by atoms with van der Waals surface area (Å²) in [6, 6.07) is 7.80. The minimum absolute atomic E-state index is 0.0670. The lowest BCUT2D eigenvalue weighted by atomic mass is 10.2. The van der Waals surface area contributed by atoms with Crippen molar-refractivity contribution in [3.05, 3.63) is 43.0 Å². The molecule has 0 fully saturated rings. The van der Waals surface area contributed by atoms with Crippen molar-refractivity contribution < 1.29 is 5.11 Å². The number of aromatic nitrogens is 4. The van der Waals surface area contributed by atoms with Crippen molar-refractivity contribution in [1.29, 1.82) is 0 Å². The molecule has 1 aromatic carbocycles. The lowest BCUT2D eigenvalue weighted by Gasteiger charge is -2.05. The second-order valence-corrected chi connectivity index (χ2v) is 4.08. The molecule has 6 heteroatoms. The molecule has 0 aliphatic carbocycles. The Bertz CT molecular complexity index is 689. The SMILES string of the molecule is OCCn1cc(Nc2ncnc3ccccc23)cn1. The molecule has 2 aromatic heterocycles. The summed E-state index contributed by atoms with van der Waals surface area (Å²) < 4.78 is 1.67. The summed E-state index contributed by atoms with van der Waals surface area (Å²) in [5.41, 5.74) is 1.72. The Labute approximate surface area is 109 Å². The molecule has 0 aliphatic heterocycles. The van der Waals surface area contributed by atoms with Crippen molar-refractivity contribution in [2.75, 3.05) is 11.9 Å². The third-order valence-electron chi connectivity index (χ3n) is 2.77. The van der Waals surface area contributed by atoms with Crippen molar-refractivity contribution in [2.45, 2.75) is 6.54 Å². The van der Waals surface area contributed by atoms with Crippen LogP contribution in [0.25, 0.3) is 10.9 Å². The second kappa shape index (κ2) is 5.03. The number of benzene rings is 1. The van der Waals surface area contributed by atoms with Crippen molar-refractivity contribution in [2.24, 2.45) is 0 Å². The van der Waals surface area contributed by atoms with Gasteiger partial charge in [0.25, 0.3) is 0 Å². The van der Waals surface area contributed by atoms with E-state index < -0.39 is 0 Å². The van der Waals surface area contributed by atoms with Gasteiger partial charge in [0.05, 0.1) is 30.6 Å². The van der Waals surface area contributed by atoms with Gasteiger partial charge in [-0.1, -0.05) is 12.1 Å². The molecule has 3 aromatic rings. The smallest absolute Gasteiger partial charge is 0.141 e. The number of aliphatic hydroxyl groups excluding tert-OH is 1. The molecule has 0 atom stereocenters. The largest absolute Gasteiger partial charge is 0.394 e. The molecule has 0 radical (unpaired) electrons. The van der Waals surface area contributed by atoms with Gasteiger partial charge in [-0.15, -0.1) is 0 Å². The van der Waals surface area contributed by atoms with E-state index in [9.17, 15) is 0 Å². The number of fused-ring (bicyclic) bond motifs is 1. The molecule has 2 N–H and O–H groups in total. The van der Waals surface area contributed by atoms with Gasteiger partial charge in [0.15, 0.2) is 0 Å². The Balaban J connectivity index is 1.92. The van der Waals surface area contributed by atoms with Gasteiger partial charge in [0, 0.05) is 11.6 Å². The number of para-hydroxylation sites is 1. The maximum absolute atomic E-state index is 8.86. The molecule has 3 rings (SSSR count). The first-order valence-corrected chi connectivity index (χ1v) is 5.97. The van der Waals surface area contributed by atoms with Crippen LogP contribution in [0.2, 0.25) is 0 Å². The molecule has 2 heterocycles. The fraction of sp³-hybridized carbons (Fsp3) is 0.154. The standard InChI is InChI=1S/C13H13N5O/c19-6-5-18-8-10(7-16-18)17-13-11-3-1-2-4-12(11)14-9-15-13/h1-4,7-9,19H,5-6H2,(H,14,15,17). The molecular weight excluding hydrogens is 242 g/mol. The van der Waals surface area contributed by atoms with Crippen LogP contribution in [0.3, 0.4) is 0 Å². The predicted octanol–water partition coefficient (Wildman–Crippen LogP) is 1.56. The molecule has 0 spiro atoms. The van der Waals surface area contributed by atoms with E-state index in [2.05, 4.69) is 20.4 Å². The zero-order chi connectivity index (χ0) is 13.1. The quantitative estimate of drug-likeness (QED) is 0.740. The van der Waals surface area contributed by atoms with Crippen LogP contribution in [0, 0.1) is 0 Å². The highest BCUT2D eigenvalue weighted by Crippen LogP contribution is 2.21. The van der Waals surface area contributed by atoms with Crippen LogP contribution in [0.15, 0.2) is 43.0 Å². The number of hydrogen-bond acceptors (Lipinski definition) is 5. The summed E-state index contributed by atoms with van der Waals surface area (Å²) in [5.74, 6) is 0.745. The van der Waals surface area contributed by atoms with Crippen LogP contribution in [0.1, 0.15) is 0 Å². The highest BCUT2D eigenvalue weighted by molar-refractivity contribution is 5.90. The van der Waals surface area contributed by atoms with Crippen molar-refractivity contribution in [3.8, 4) is 0 Å². The zero-order valence-corrected chi connectivity index (χ0v) is 10.2. The molecule has 0 aliphatic rings. The van der Waals surface area contributed by atoms with Gasteiger partial charge < -0.3 is 10.4 Å². The Morgan fingerprint density at radius 2 is 2.11 bits per heavy atom. The van der Waals surface area contributed by atoms with Gasteiger partial charge in [0.1, 0.15) is 12.1 Å². The van der Waals surface area contributed by atoms with Crippen LogP contribution in [-0.4, -0.2) is 31.5 Å². The topological polar surface area (TPSA) is 75.9 Å². The minimum Gasteiger partial charge on any atom is -0.394 e. The summed E-state index contributed by atoms with van der Waals surface area (Å²) in [5, 5.41) is 17.2. The number of rotatable bonds is 4. The Hall–Kier alpha value is -2.47. The van der Waals surface area contributed by atoms with Gasteiger partial charge in [-0.3, -0.25) is 4.68 Å². The zero-order valence-electron chi connectivity index (χ0n) is 10.2. The fourth-order valence-corrected chi connectivity index (χ4v) is 1.89. The van der Waals surface area contributed by atoms with Crippen LogP contribution >= 0.6 is 0 Å². The first-order valence-electron chi connectivity index (χ1n) is 5.97. The summed E-state index contributed by atoms with van der Waals surface area (Å²) in [6.07, 6.45) is 5.06. The molecule has 19 heavy (non-hydrogen) atoms. The van der Waals surface area contributed by atoms with Crippen molar-refractivity contribution >= 4 is 22.4 Å². The monoisotopic (exact) mass is 255 g/mol. The predicted molar refractivity (Wildman–Crippen MR) is 72.1 cm³/mol. The van der Waals surface area contributed by atoms with Gasteiger partial charge in [-0.2, -0.15) is 5.10 Å². The summed E-state index contributed by atoms with van der Waals surface area (Å²) >= 11 is 0. The van der Waals surface area contributed by atoms with Gasteiger partial charge >= 0.3 is 0 Å². The van der Waals surface area contributed by atoms with E-state index in [0.717, 1.165) is 22.4 Å². The van der Waals surface area contributed by atoms with E-state index in [0.29, 0.717) is 6.54 Å². The van der Waals surface area contributed by atoms with Crippen LogP contribution in [0.5, 0.6) is 0 Å². The van der Waals surface area contributed by atoms with E-state index in [4.69, 9.17) is 5.11 Å². The summed E-state index contributed by atoms with van der Waals surface area (Å²) in [4.78, 5) is 8.46. The molecule has 0 bridgehead atoms. The Kier molecular flexibility index (Phi) is 3.07. The average Bonchev–Trinajstić information content (AvgIpc) is 2.87. The second-order valence-electron chi connectivity index (χ2n) is 4.08. The van der Waals surface area contributed by atoms with E-state index in [1.165, 1.54) is 6.33 Å². The highest BCUT2D eigenvalue weighted by atomic mass is 16.3. The molecule has 0 amide bonds. The Morgan fingerprint density at radius 1 is 1.21 bits per heavy atom. The average molecular weight is 255 g/mol. The van der Waals surface area contributed by atoms with Crippen molar-refractivity contribution in [1.82, 2.24) is 19.7 Å². The third-order valence-corrected chi connectivity index (χ3v) is 2.77. The Morgan fingerprint density at radius 3 is 3.00 bits per heavy atom. The lowest BCUT2D eigenvalue weighted by molar-refractivity contribution is 0.269. The van der Waals surface area contributed by atoms with E-state index in [-0.39, 0.29) is 6.61 Å².